The van der Waals surface area contributed by atoms with Crippen LogP contribution in [0.5, 0.6) is 0 Å². The topological polar surface area (TPSA) is 68.9 Å². The lowest BCUT2D eigenvalue weighted by Crippen LogP contribution is -2.10. The highest BCUT2D eigenvalue weighted by molar-refractivity contribution is 5.96. The number of fused-ring (bicyclic) bond motifs is 1. The normalized spacial score (nSPS) is 10.7. The Morgan fingerprint density at radius 2 is 1.85 bits per heavy atom. The van der Waals surface area contributed by atoms with Crippen LogP contribution in [0.1, 0.15) is 5.56 Å². The zero-order valence-corrected chi connectivity index (χ0v) is 15.4. The van der Waals surface area contributed by atoms with Gasteiger partial charge in [-0.15, -0.1) is 0 Å². The highest BCUT2D eigenvalue weighted by Gasteiger charge is 2.08. The molecule has 3 N–H and O–H groups in total. The Hall–Kier alpha value is -3.54. The summed E-state index contributed by atoms with van der Waals surface area (Å²) in [6.07, 6.45) is 3.52. The van der Waals surface area contributed by atoms with E-state index in [0.29, 0.717) is 6.54 Å². The van der Waals surface area contributed by atoms with Crippen molar-refractivity contribution in [3.8, 4) is 0 Å². The molecule has 0 amide bonds. The molecule has 4 aromatic rings. The minimum absolute atomic E-state index is 0.700. The molecule has 4 rings (SSSR count). The fraction of sp³-hybridized carbons (Fsp3) is 0.143. The lowest BCUT2D eigenvalue weighted by atomic mass is 10.0. The molecule has 0 saturated heterocycles. The van der Waals surface area contributed by atoms with Crippen LogP contribution in [0.25, 0.3) is 10.8 Å². The third-order valence-electron chi connectivity index (χ3n) is 4.45. The number of anilines is 4. The Morgan fingerprint density at radius 1 is 1.00 bits per heavy atom. The van der Waals surface area contributed by atoms with Gasteiger partial charge in [0.1, 0.15) is 11.6 Å². The zero-order chi connectivity index (χ0) is 18.6. The predicted molar refractivity (Wildman–Crippen MR) is 112 cm³/mol. The molecule has 0 fully saturated rings. The van der Waals surface area contributed by atoms with Crippen molar-refractivity contribution in [2.45, 2.75) is 6.54 Å². The van der Waals surface area contributed by atoms with E-state index in [9.17, 15) is 0 Å². The van der Waals surface area contributed by atoms with Gasteiger partial charge >= 0.3 is 0 Å². The van der Waals surface area contributed by atoms with E-state index >= 15 is 0 Å². The number of nitrogens with zero attached hydrogens (tertiary/aromatic N) is 3. The van der Waals surface area contributed by atoms with E-state index in [1.54, 1.807) is 12.4 Å². The van der Waals surface area contributed by atoms with Crippen molar-refractivity contribution < 1.29 is 0 Å². The maximum absolute atomic E-state index is 4.33. The van der Waals surface area contributed by atoms with Gasteiger partial charge in [-0.05, 0) is 29.1 Å². The van der Waals surface area contributed by atoms with Crippen LogP contribution < -0.4 is 15.5 Å². The number of rotatable bonds is 6. The largest absolute Gasteiger partial charge is 0.377 e. The average molecular weight is 358 g/mol. The monoisotopic (exact) mass is 358 g/mol. The van der Waals surface area contributed by atoms with Crippen LogP contribution in [-0.2, 0) is 6.54 Å². The van der Waals surface area contributed by atoms with Crippen molar-refractivity contribution in [2.75, 3.05) is 29.6 Å². The molecule has 136 valence electrons. The van der Waals surface area contributed by atoms with Gasteiger partial charge in [0.2, 0.25) is 0 Å². The van der Waals surface area contributed by atoms with Crippen LogP contribution >= 0.6 is 0 Å². The first-order valence-electron chi connectivity index (χ1n) is 8.85. The van der Waals surface area contributed by atoms with Crippen LogP contribution in [0.3, 0.4) is 0 Å². The molecule has 0 radical (unpaired) electrons. The standard InChI is InChI=1S/C21H22N6/c1-27(2)19-10-9-15(17-7-3-4-8-18(17)19)13-23-20-12-21(26-25-20)24-16-6-5-11-22-14-16/h3-12,14H,13H2,1-2H3,(H3,23,24,25,26). The van der Waals surface area contributed by atoms with Gasteiger partial charge in [-0.25, -0.2) is 0 Å². The van der Waals surface area contributed by atoms with Crippen LogP contribution in [0.15, 0.2) is 67.0 Å². The summed E-state index contributed by atoms with van der Waals surface area (Å²) in [5.41, 5.74) is 3.37. The van der Waals surface area contributed by atoms with E-state index in [-0.39, 0.29) is 0 Å². The zero-order valence-electron chi connectivity index (χ0n) is 15.4. The SMILES string of the molecule is CN(C)c1ccc(CNc2cc(Nc3cccnc3)[nH]n2)c2ccccc12. The second-order valence-electron chi connectivity index (χ2n) is 6.57. The maximum Gasteiger partial charge on any atom is 0.150 e. The number of pyridine rings is 1. The van der Waals surface area contributed by atoms with Gasteiger partial charge in [0.25, 0.3) is 0 Å². The molecule has 0 aliphatic rings. The van der Waals surface area contributed by atoms with Gasteiger partial charge in [-0.2, -0.15) is 5.10 Å². The van der Waals surface area contributed by atoms with Crippen molar-refractivity contribution in [3.63, 3.8) is 0 Å². The number of hydrogen-bond donors (Lipinski definition) is 3. The summed E-state index contributed by atoms with van der Waals surface area (Å²) < 4.78 is 0. The van der Waals surface area contributed by atoms with Crippen LogP contribution in [0.2, 0.25) is 0 Å². The molecule has 0 bridgehead atoms. The van der Waals surface area contributed by atoms with Gasteiger partial charge in [0, 0.05) is 44.0 Å². The molecule has 27 heavy (non-hydrogen) atoms. The van der Waals surface area contributed by atoms with Crippen molar-refractivity contribution in [3.05, 3.63) is 72.6 Å². The van der Waals surface area contributed by atoms with E-state index in [2.05, 4.69) is 81.2 Å². The molecule has 6 nitrogen and oxygen atoms in total. The molecular formula is C21H22N6. The summed E-state index contributed by atoms with van der Waals surface area (Å²) >= 11 is 0. The Bertz CT molecular complexity index is 1040. The predicted octanol–water partition coefficient (Wildman–Crippen LogP) is 4.38. The minimum Gasteiger partial charge on any atom is -0.377 e. The summed E-state index contributed by atoms with van der Waals surface area (Å²) in [5, 5.41) is 16.5. The fourth-order valence-corrected chi connectivity index (χ4v) is 3.14. The summed E-state index contributed by atoms with van der Waals surface area (Å²) in [5.74, 6) is 1.61. The van der Waals surface area contributed by atoms with Gasteiger partial charge in [0.15, 0.2) is 0 Å². The Kier molecular flexibility index (Phi) is 4.61. The number of H-pyrrole nitrogens is 1. The quantitative estimate of drug-likeness (QED) is 0.477. The smallest absolute Gasteiger partial charge is 0.150 e. The third kappa shape index (κ3) is 3.69. The number of aromatic nitrogens is 3. The van der Waals surface area contributed by atoms with Gasteiger partial charge in [-0.1, -0.05) is 30.3 Å². The Labute approximate surface area is 158 Å². The highest BCUT2D eigenvalue weighted by Crippen LogP contribution is 2.29. The van der Waals surface area contributed by atoms with Crippen LogP contribution in [0.4, 0.5) is 23.0 Å². The second kappa shape index (κ2) is 7.37. The second-order valence-corrected chi connectivity index (χ2v) is 6.57. The van der Waals surface area contributed by atoms with Gasteiger partial charge in [-0.3, -0.25) is 10.1 Å². The van der Waals surface area contributed by atoms with E-state index < -0.39 is 0 Å². The summed E-state index contributed by atoms with van der Waals surface area (Å²) in [6.45, 7) is 0.700. The van der Waals surface area contributed by atoms with Crippen molar-refractivity contribution in [2.24, 2.45) is 0 Å². The molecule has 6 heteroatoms. The molecule has 2 aromatic heterocycles. The number of benzene rings is 2. The van der Waals surface area contributed by atoms with Crippen molar-refractivity contribution in [1.82, 2.24) is 15.2 Å². The fourth-order valence-electron chi connectivity index (χ4n) is 3.14. The average Bonchev–Trinajstić information content (AvgIpc) is 3.14. The number of hydrogen-bond acceptors (Lipinski definition) is 5. The first-order valence-corrected chi connectivity index (χ1v) is 8.85. The van der Waals surface area contributed by atoms with Crippen LogP contribution in [-0.4, -0.2) is 29.3 Å². The molecule has 2 aromatic carbocycles. The first kappa shape index (κ1) is 16.9. The highest BCUT2D eigenvalue weighted by atomic mass is 15.2. The Balaban J connectivity index is 1.50. The third-order valence-corrected chi connectivity index (χ3v) is 4.45. The van der Waals surface area contributed by atoms with E-state index in [4.69, 9.17) is 0 Å². The lowest BCUT2D eigenvalue weighted by Gasteiger charge is -2.17. The van der Waals surface area contributed by atoms with Crippen molar-refractivity contribution in [1.29, 1.82) is 0 Å². The van der Waals surface area contributed by atoms with Gasteiger partial charge in [0.05, 0.1) is 11.9 Å². The number of nitrogens with one attached hydrogen (secondary N) is 3. The molecule has 2 heterocycles. The van der Waals surface area contributed by atoms with E-state index in [0.717, 1.165) is 17.3 Å². The van der Waals surface area contributed by atoms with E-state index in [1.165, 1.54) is 22.0 Å². The summed E-state index contributed by atoms with van der Waals surface area (Å²) in [6, 6.07) is 18.6. The summed E-state index contributed by atoms with van der Waals surface area (Å²) in [7, 11) is 4.14. The maximum atomic E-state index is 4.33. The molecule has 0 spiro atoms. The van der Waals surface area contributed by atoms with Crippen molar-refractivity contribution >= 4 is 33.8 Å². The molecule has 0 unspecified atom stereocenters. The lowest BCUT2D eigenvalue weighted by molar-refractivity contribution is 1.05. The molecule has 0 aliphatic carbocycles. The molecular weight excluding hydrogens is 336 g/mol. The van der Waals surface area contributed by atoms with Gasteiger partial charge < -0.3 is 15.5 Å². The molecule has 0 aliphatic heterocycles. The summed E-state index contributed by atoms with van der Waals surface area (Å²) in [4.78, 5) is 6.24. The minimum atomic E-state index is 0.700. The van der Waals surface area contributed by atoms with Crippen LogP contribution in [0, 0.1) is 0 Å². The Morgan fingerprint density at radius 3 is 2.63 bits per heavy atom. The molecule has 0 saturated carbocycles. The first-order chi connectivity index (χ1) is 13.2. The molecule has 0 atom stereocenters. The number of aromatic amines is 1. The van der Waals surface area contributed by atoms with E-state index in [1.807, 2.05) is 18.2 Å².